The second-order valence-corrected chi connectivity index (χ2v) is 5.58. The average molecular weight is 267 g/mol. The van der Waals surface area contributed by atoms with Crippen LogP contribution in [0.15, 0.2) is 18.2 Å². The maximum Gasteiger partial charge on any atom is 0.126 e. The zero-order valence-electron chi connectivity index (χ0n) is 12.5. The Balaban J connectivity index is 2.23. The van der Waals surface area contributed by atoms with Crippen LogP contribution in [0.5, 0.6) is 5.75 Å². The van der Waals surface area contributed by atoms with Crippen LogP contribution >= 0.6 is 0 Å². The summed E-state index contributed by atoms with van der Waals surface area (Å²) in [5.41, 5.74) is 0.628. The molecule has 1 rings (SSSR count). The number of aryl methyl sites for hydroxylation is 1. The molecular weight excluding hydrogens is 241 g/mol. The van der Waals surface area contributed by atoms with Crippen molar-refractivity contribution in [2.45, 2.75) is 46.6 Å². The monoisotopic (exact) mass is 267 g/mol. The summed E-state index contributed by atoms with van der Waals surface area (Å²) < 4.78 is 18.9. The Morgan fingerprint density at radius 3 is 2.63 bits per heavy atom. The van der Waals surface area contributed by atoms with E-state index in [0.29, 0.717) is 11.5 Å². The second-order valence-electron chi connectivity index (χ2n) is 5.58. The van der Waals surface area contributed by atoms with Crippen LogP contribution in [0.25, 0.3) is 0 Å². The predicted molar refractivity (Wildman–Crippen MR) is 78.2 cm³/mol. The quantitative estimate of drug-likeness (QED) is 0.721. The molecule has 0 amide bonds. The average Bonchev–Trinajstić information content (AvgIpc) is 2.33. The van der Waals surface area contributed by atoms with Gasteiger partial charge in [0.2, 0.25) is 0 Å². The number of hydrogen-bond acceptors (Lipinski definition) is 2. The van der Waals surface area contributed by atoms with Crippen molar-refractivity contribution in [2.75, 3.05) is 13.1 Å². The SMILES string of the molecule is Cc1cc(OC(C)CCCNCC(C)C)ccc1F. The summed E-state index contributed by atoms with van der Waals surface area (Å²) in [5, 5.41) is 3.42. The molecule has 1 unspecified atom stereocenters. The van der Waals surface area contributed by atoms with Crippen LogP contribution in [-0.2, 0) is 0 Å². The molecule has 0 aliphatic heterocycles. The van der Waals surface area contributed by atoms with Gasteiger partial charge in [0, 0.05) is 0 Å². The molecule has 0 saturated heterocycles. The van der Waals surface area contributed by atoms with E-state index < -0.39 is 0 Å². The zero-order valence-corrected chi connectivity index (χ0v) is 12.5. The topological polar surface area (TPSA) is 21.3 Å². The normalized spacial score (nSPS) is 12.7. The van der Waals surface area contributed by atoms with E-state index >= 15 is 0 Å². The summed E-state index contributed by atoms with van der Waals surface area (Å²) in [4.78, 5) is 0. The van der Waals surface area contributed by atoms with Gasteiger partial charge in [-0.25, -0.2) is 4.39 Å². The van der Waals surface area contributed by atoms with Crippen molar-refractivity contribution in [2.24, 2.45) is 5.92 Å². The van der Waals surface area contributed by atoms with E-state index in [0.717, 1.165) is 31.7 Å². The number of nitrogens with one attached hydrogen (secondary N) is 1. The first kappa shape index (κ1) is 16.0. The molecule has 1 aromatic rings. The van der Waals surface area contributed by atoms with Crippen LogP contribution < -0.4 is 10.1 Å². The van der Waals surface area contributed by atoms with Gasteiger partial charge in [0.05, 0.1) is 6.10 Å². The molecule has 0 spiro atoms. The van der Waals surface area contributed by atoms with Gasteiger partial charge >= 0.3 is 0 Å². The van der Waals surface area contributed by atoms with E-state index in [-0.39, 0.29) is 11.9 Å². The Kier molecular flexibility index (Phi) is 6.85. The molecule has 108 valence electrons. The third-order valence-corrected chi connectivity index (χ3v) is 2.98. The maximum atomic E-state index is 13.1. The van der Waals surface area contributed by atoms with Crippen molar-refractivity contribution in [1.82, 2.24) is 5.32 Å². The van der Waals surface area contributed by atoms with Gasteiger partial charge in [-0.1, -0.05) is 13.8 Å². The Hall–Kier alpha value is -1.09. The van der Waals surface area contributed by atoms with Gasteiger partial charge in [0.1, 0.15) is 11.6 Å². The van der Waals surface area contributed by atoms with Crippen molar-refractivity contribution in [3.05, 3.63) is 29.6 Å². The summed E-state index contributed by atoms with van der Waals surface area (Å²) in [5.74, 6) is 1.26. The largest absolute Gasteiger partial charge is 0.491 e. The van der Waals surface area contributed by atoms with Gasteiger partial charge in [0.15, 0.2) is 0 Å². The Morgan fingerprint density at radius 2 is 2.00 bits per heavy atom. The van der Waals surface area contributed by atoms with E-state index in [2.05, 4.69) is 26.1 Å². The van der Waals surface area contributed by atoms with Crippen LogP contribution in [0, 0.1) is 18.7 Å². The van der Waals surface area contributed by atoms with Crippen LogP contribution in [0.3, 0.4) is 0 Å². The molecule has 1 aromatic carbocycles. The van der Waals surface area contributed by atoms with Gasteiger partial charge in [-0.05, 0) is 69.5 Å². The maximum absolute atomic E-state index is 13.1. The zero-order chi connectivity index (χ0) is 14.3. The number of rotatable bonds is 8. The number of halogens is 1. The highest BCUT2D eigenvalue weighted by atomic mass is 19.1. The highest BCUT2D eigenvalue weighted by molar-refractivity contribution is 5.28. The minimum absolute atomic E-state index is 0.158. The van der Waals surface area contributed by atoms with Crippen LogP contribution in [0.4, 0.5) is 4.39 Å². The Labute approximate surface area is 116 Å². The van der Waals surface area contributed by atoms with Gasteiger partial charge in [-0.3, -0.25) is 0 Å². The van der Waals surface area contributed by atoms with Gasteiger partial charge < -0.3 is 10.1 Å². The van der Waals surface area contributed by atoms with E-state index in [4.69, 9.17) is 4.74 Å². The standard InChI is InChI=1S/C16H26FNO/c1-12(2)11-18-9-5-6-14(4)19-15-7-8-16(17)13(3)10-15/h7-8,10,12,14,18H,5-6,9,11H2,1-4H3. The molecule has 0 heterocycles. The van der Waals surface area contributed by atoms with E-state index in [1.807, 2.05) is 0 Å². The molecule has 0 aliphatic carbocycles. The molecule has 0 radical (unpaired) electrons. The number of hydrogen-bond donors (Lipinski definition) is 1. The molecule has 2 nitrogen and oxygen atoms in total. The third-order valence-electron chi connectivity index (χ3n) is 2.98. The molecule has 0 saturated carbocycles. The second kappa shape index (κ2) is 8.16. The van der Waals surface area contributed by atoms with Crippen LogP contribution in [-0.4, -0.2) is 19.2 Å². The molecule has 0 aromatic heterocycles. The highest BCUT2D eigenvalue weighted by Gasteiger charge is 2.05. The van der Waals surface area contributed by atoms with E-state index in [9.17, 15) is 4.39 Å². The lowest BCUT2D eigenvalue weighted by molar-refractivity contribution is 0.207. The number of ether oxygens (including phenoxy) is 1. The summed E-state index contributed by atoms with van der Waals surface area (Å²) in [7, 11) is 0. The molecule has 0 aliphatic rings. The fraction of sp³-hybridized carbons (Fsp3) is 0.625. The lowest BCUT2D eigenvalue weighted by atomic mass is 10.2. The summed E-state index contributed by atoms with van der Waals surface area (Å²) in [6.07, 6.45) is 2.25. The molecule has 1 N–H and O–H groups in total. The number of benzene rings is 1. The fourth-order valence-electron chi connectivity index (χ4n) is 1.89. The molecule has 3 heteroatoms. The fourth-order valence-corrected chi connectivity index (χ4v) is 1.89. The highest BCUT2D eigenvalue weighted by Crippen LogP contribution is 2.18. The smallest absolute Gasteiger partial charge is 0.126 e. The van der Waals surface area contributed by atoms with Crippen molar-refractivity contribution >= 4 is 0 Å². The van der Waals surface area contributed by atoms with Gasteiger partial charge in [-0.2, -0.15) is 0 Å². The first-order valence-electron chi connectivity index (χ1n) is 7.12. The Morgan fingerprint density at radius 1 is 1.26 bits per heavy atom. The molecule has 1 atom stereocenters. The summed E-state index contributed by atoms with van der Waals surface area (Å²) in [6, 6.07) is 4.90. The summed E-state index contributed by atoms with van der Waals surface area (Å²) >= 11 is 0. The van der Waals surface area contributed by atoms with E-state index in [1.165, 1.54) is 6.07 Å². The first-order chi connectivity index (χ1) is 8.99. The van der Waals surface area contributed by atoms with Crippen molar-refractivity contribution < 1.29 is 9.13 Å². The summed E-state index contributed by atoms with van der Waals surface area (Å²) in [6.45, 7) is 10.3. The lowest BCUT2D eigenvalue weighted by Crippen LogP contribution is -2.22. The van der Waals surface area contributed by atoms with Crippen molar-refractivity contribution in [1.29, 1.82) is 0 Å². The minimum Gasteiger partial charge on any atom is -0.491 e. The lowest BCUT2D eigenvalue weighted by Gasteiger charge is -2.15. The minimum atomic E-state index is -0.183. The van der Waals surface area contributed by atoms with Crippen molar-refractivity contribution in [3.63, 3.8) is 0 Å². The van der Waals surface area contributed by atoms with Crippen LogP contribution in [0.1, 0.15) is 39.2 Å². The van der Waals surface area contributed by atoms with E-state index in [1.54, 1.807) is 19.1 Å². The van der Waals surface area contributed by atoms with Gasteiger partial charge in [-0.15, -0.1) is 0 Å². The first-order valence-corrected chi connectivity index (χ1v) is 7.12. The molecular formula is C16H26FNO. The third kappa shape index (κ3) is 6.58. The van der Waals surface area contributed by atoms with Crippen molar-refractivity contribution in [3.8, 4) is 5.75 Å². The molecule has 19 heavy (non-hydrogen) atoms. The predicted octanol–water partition coefficient (Wildman–Crippen LogP) is 3.93. The molecule has 0 bridgehead atoms. The Bertz CT molecular complexity index is 379. The van der Waals surface area contributed by atoms with Crippen LogP contribution in [0.2, 0.25) is 0 Å². The molecule has 0 fully saturated rings. The van der Waals surface area contributed by atoms with Gasteiger partial charge in [0.25, 0.3) is 0 Å².